The van der Waals surface area contributed by atoms with E-state index in [9.17, 15) is 8.42 Å². The van der Waals surface area contributed by atoms with Crippen LogP contribution in [-0.2, 0) is 16.6 Å². The first-order valence-electron chi connectivity index (χ1n) is 6.32. The second-order valence-corrected chi connectivity index (χ2v) is 8.00. The molecule has 0 aliphatic rings. The lowest BCUT2D eigenvalue weighted by Gasteiger charge is -2.14. The second-order valence-electron chi connectivity index (χ2n) is 4.24. The van der Waals surface area contributed by atoms with E-state index in [0.29, 0.717) is 10.8 Å². The van der Waals surface area contributed by atoms with Crippen LogP contribution in [0.2, 0.25) is 0 Å². The second kappa shape index (κ2) is 8.26. The third-order valence-electron chi connectivity index (χ3n) is 2.66. The maximum absolute atomic E-state index is 12.2. The first kappa shape index (κ1) is 17.0. The number of rotatable bonds is 9. The van der Waals surface area contributed by atoms with Crippen molar-refractivity contribution < 1.29 is 8.42 Å². The zero-order valence-corrected chi connectivity index (χ0v) is 14.1. The molecule has 1 heterocycles. The van der Waals surface area contributed by atoms with Crippen LogP contribution in [0.4, 0.5) is 0 Å². The van der Waals surface area contributed by atoms with Gasteiger partial charge in [-0.05, 0) is 36.2 Å². The Bertz CT molecular complexity index is 471. The van der Waals surface area contributed by atoms with E-state index in [0.717, 1.165) is 24.3 Å². The predicted molar refractivity (Wildman–Crippen MR) is 84.5 cm³/mol. The van der Waals surface area contributed by atoms with Gasteiger partial charge in [-0.2, -0.15) is 11.8 Å². The topological polar surface area (TPSA) is 58.2 Å². The van der Waals surface area contributed by atoms with Gasteiger partial charge < -0.3 is 5.32 Å². The average Bonchev–Trinajstić information content (AvgIpc) is 2.85. The van der Waals surface area contributed by atoms with Gasteiger partial charge in [-0.1, -0.05) is 13.8 Å². The molecule has 0 bridgehead atoms. The van der Waals surface area contributed by atoms with Crippen molar-refractivity contribution in [1.82, 2.24) is 10.0 Å². The van der Waals surface area contributed by atoms with E-state index in [-0.39, 0.29) is 6.04 Å². The zero-order valence-electron chi connectivity index (χ0n) is 11.6. The Kier molecular flexibility index (Phi) is 7.38. The molecule has 0 radical (unpaired) electrons. The average molecular weight is 323 g/mol. The highest BCUT2D eigenvalue weighted by molar-refractivity contribution is 7.98. The number of nitrogens with one attached hydrogen (secondary N) is 2. The highest BCUT2D eigenvalue weighted by Crippen LogP contribution is 2.21. The molecule has 0 aromatic carbocycles. The Morgan fingerprint density at radius 3 is 2.74 bits per heavy atom. The Hall–Kier alpha value is -0.0800. The van der Waals surface area contributed by atoms with Gasteiger partial charge in [0.2, 0.25) is 10.0 Å². The van der Waals surface area contributed by atoms with Gasteiger partial charge in [0.1, 0.15) is 4.21 Å². The van der Waals surface area contributed by atoms with Crippen LogP contribution in [0.25, 0.3) is 0 Å². The van der Waals surface area contributed by atoms with E-state index in [1.54, 1.807) is 17.8 Å². The lowest BCUT2D eigenvalue weighted by Crippen LogP contribution is -2.35. The molecule has 1 aromatic heterocycles. The van der Waals surface area contributed by atoms with Gasteiger partial charge in [0.05, 0.1) is 0 Å². The smallest absolute Gasteiger partial charge is 0.250 e. The summed E-state index contributed by atoms with van der Waals surface area (Å²) in [4.78, 5) is 0. The van der Waals surface area contributed by atoms with Crippen LogP contribution in [0.3, 0.4) is 0 Å². The van der Waals surface area contributed by atoms with Crippen molar-refractivity contribution in [2.45, 2.75) is 37.1 Å². The summed E-state index contributed by atoms with van der Waals surface area (Å²) in [5, 5.41) is 5.09. The van der Waals surface area contributed by atoms with Crippen LogP contribution in [0.5, 0.6) is 0 Å². The van der Waals surface area contributed by atoms with Crippen molar-refractivity contribution in [2.24, 2.45) is 0 Å². The minimum absolute atomic E-state index is 0.000633. The molecule has 0 spiro atoms. The third-order valence-corrected chi connectivity index (χ3v) is 6.40. The fourth-order valence-electron chi connectivity index (χ4n) is 1.57. The van der Waals surface area contributed by atoms with E-state index < -0.39 is 10.0 Å². The number of sulfonamides is 1. The van der Waals surface area contributed by atoms with E-state index >= 15 is 0 Å². The first-order chi connectivity index (χ1) is 9.03. The maximum Gasteiger partial charge on any atom is 0.250 e. The molecule has 0 aliphatic heterocycles. The molecular weight excluding hydrogens is 300 g/mol. The van der Waals surface area contributed by atoms with Gasteiger partial charge in [-0.15, -0.1) is 11.3 Å². The molecule has 2 N–H and O–H groups in total. The number of thioether (sulfide) groups is 1. The summed E-state index contributed by atoms with van der Waals surface area (Å²) in [5.41, 5.74) is 1.02. The van der Waals surface area contributed by atoms with Crippen LogP contribution >= 0.6 is 23.1 Å². The third kappa shape index (κ3) is 5.43. The minimum Gasteiger partial charge on any atom is -0.313 e. The number of thiophene rings is 1. The molecule has 0 amide bonds. The molecule has 1 rings (SSSR count). The van der Waals surface area contributed by atoms with Crippen LogP contribution in [-0.4, -0.2) is 33.0 Å². The molecule has 0 aliphatic carbocycles. The minimum atomic E-state index is -3.37. The van der Waals surface area contributed by atoms with Crippen LogP contribution in [0, 0.1) is 0 Å². The van der Waals surface area contributed by atoms with E-state index in [2.05, 4.69) is 10.0 Å². The van der Waals surface area contributed by atoms with E-state index in [1.165, 1.54) is 11.3 Å². The Labute approximate surface area is 124 Å². The standard InChI is InChI=1S/C12H22N2O2S3/c1-4-11(9-17-3)14-19(15,16)12-6-10(8-18-12)7-13-5-2/h6,8,11,13-14H,4-5,7,9H2,1-3H3. The summed E-state index contributed by atoms with van der Waals surface area (Å²) < 4.78 is 27.6. The summed E-state index contributed by atoms with van der Waals surface area (Å²) in [5.74, 6) is 0.797. The van der Waals surface area contributed by atoms with Crippen molar-refractivity contribution in [2.75, 3.05) is 18.6 Å². The zero-order chi connectivity index (χ0) is 14.3. The Balaban J connectivity index is 2.73. The number of hydrogen-bond acceptors (Lipinski definition) is 5. The normalized spacial score (nSPS) is 13.6. The Morgan fingerprint density at radius 1 is 1.42 bits per heavy atom. The van der Waals surface area contributed by atoms with E-state index in [4.69, 9.17) is 0 Å². The summed E-state index contributed by atoms with van der Waals surface area (Å²) >= 11 is 2.93. The molecule has 7 heteroatoms. The van der Waals surface area contributed by atoms with Crippen molar-refractivity contribution in [3.63, 3.8) is 0 Å². The van der Waals surface area contributed by atoms with E-state index in [1.807, 2.05) is 25.5 Å². The molecule has 1 atom stereocenters. The summed E-state index contributed by atoms with van der Waals surface area (Å²) in [6.07, 6.45) is 2.78. The molecule has 110 valence electrons. The molecular formula is C12H22N2O2S3. The summed E-state index contributed by atoms with van der Waals surface area (Å²) in [7, 11) is -3.37. The molecule has 19 heavy (non-hydrogen) atoms. The van der Waals surface area contributed by atoms with Gasteiger partial charge >= 0.3 is 0 Å². The van der Waals surface area contributed by atoms with Crippen molar-refractivity contribution in [3.05, 3.63) is 17.0 Å². The van der Waals surface area contributed by atoms with Crippen molar-refractivity contribution in [1.29, 1.82) is 0 Å². The molecule has 0 saturated heterocycles. The Morgan fingerprint density at radius 2 is 2.16 bits per heavy atom. The molecule has 0 saturated carbocycles. The molecule has 1 unspecified atom stereocenters. The van der Waals surface area contributed by atoms with Gasteiger partial charge in [0, 0.05) is 18.3 Å². The van der Waals surface area contributed by atoms with Crippen LogP contribution in [0.1, 0.15) is 25.8 Å². The largest absolute Gasteiger partial charge is 0.313 e. The van der Waals surface area contributed by atoms with Gasteiger partial charge in [0.15, 0.2) is 0 Å². The fourth-order valence-corrected chi connectivity index (χ4v) is 4.94. The van der Waals surface area contributed by atoms with Gasteiger partial charge in [-0.25, -0.2) is 13.1 Å². The quantitative estimate of drug-likeness (QED) is 0.732. The van der Waals surface area contributed by atoms with Crippen LogP contribution in [0.15, 0.2) is 15.7 Å². The molecule has 4 nitrogen and oxygen atoms in total. The highest BCUT2D eigenvalue weighted by atomic mass is 32.2. The van der Waals surface area contributed by atoms with Crippen molar-refractivity contribution in [3.8, 4) is 0 Å². The van der Waals surface area contributed by atoms with Gasteiger partial charge in [0.25, 0.3) is 0 Å². The lowest BCUT2D eigenvalue weighted by molar-refractivity contribution is 0.560. The highest BCUT2D eigenvalue weighted by Gasteiger charge is 2.20. The molecule has 1 aromatic rings. The fraction of sp³-hybridized carbons (Fsp3) is 0.667. The monoisotopic (exact) mass is 322 g/mol. The predicted octanol–water partition coefficient (Wildman–Crippen LogP) is 2.28. The van der Waals surface area contributed by atoms with Crippen molar-refractivity contribution >= 4 is 33.1 Å². The molecule has 0 fully saturated rings. The summed E-state index contributed by atoms with van der Waals surface area (Å²) in [6.45, 7) is 5.61. The number of hydrogen-bond donors (Lipinski definition) is 2. The lowest BCUT2D eigenvalue weighted by atomic mass is 10.3. The maximum atomic E-state index is 12.2. The van der Waals surface area contributed by atoms with Gasteiger partial charge in [-0.3, -0.25) is 0 Å². The van der Waals surface area contributed by atoms with Crippen LogP contribution < -0.4 is 10.0 Å². The first-order valence-corrected chi connectivity index (χ1v) is 10.1. The SMILES string of the molecule is CCNCc1csc(S(=O)(=O)NC(CC)CSC)c1. The summed E-state index contributed by atoms with van der Waals surface area (Å²) in [6, 6.07) is 1.75.